The van der Waals surface area contributed by atoms with E-state index in [0.29, 0.717) is 11.9 Å². The summed E-state index contributed by atoms with van der Waals surface area (Å²) in [6.07, 6.45) is 1.40. The van der Waals surface area contributed by atoms with Crippen molar-refractivity contribution >= 4 is 38.4 Å². The van der Waals surface area contributed by atoms with Crippen LogP contribution in [0.3, 0.4) is 0 Å². The van der Waals surface area contributed by atoms with Gasteiger partial charge < -0.3 is 9.67 Å². The number of pyridine rings is 1. The highest BCUT2D eigenvalue weighted by atomic mass is 32.1. The van der Waals surface area contributed by atoms with Crippen molar-refractivity contribution in [1.29, 1.82) is 0 Å². The number of hydrogen-bond donors (Lipinski definition) is 1. The van der Waals surface area contributed by atoms with Gasteiger partial charge in [-0.3, -0.25) is 4.79 Å². The number of fused-ring (bicyclic) bond motifs is 2. The molecule has 19 heavy (non-hydrogen) atoms. The summed E-state index contributed by atoms with van der Waals surface area (Å²) < 4.78 is 2.76. The Bertz CT molecular complexity index is 863. The van der Waals surface area contributed by atoms with Crippen molar-refractivity contribution in [1.82, 2.24) is 9.55 Å². The van der Waals surface area contributed by atoms with Gasteiger partial charge >= 0.3 is 5.97 Å². The topological polar surface area (TPSA) is 72.2 Å². The predicted octanol–water partition coefficient (Wildman–Crippen LogP) is 2.33. The first kappa shape index (κ1) is 11.9. The molecule has 2 aromatic heterocycles. The van der Waals surface area contributed by atoms with Crippen molar-refractivity contribution < 1.29 is 9.90 Å². The number of aromatic nitrogens is 2. The predicted molar refractivity (Wildman–Crippen MR) is 74.0 cm³/mol. The molecule has 0 bridgehead atoms. The Morgan fingerprint density at radius 2 is 2.26 bits per heavy atom. The third kappa shape index (κ3) is 1.72. The molecule has 1 aromatic carbocycles. The normalized spacial score (nSPS) is 11.2. The number of rotatable bonds is 2. The van der Waals surface area contributed by atoms with Crippen LogP contribution in [0.25, 0.3) is 21.1 Å². The maximum Gasteiger partial charge on any atom is 0.341 e. The van der Waals surface area contributed by atoms with Gasteiger partial charge in [-0.15, -0.1) is 11.3 Å². The zero-order valence-electron chi connectivity index (χ0n) is 10.1. The summed E-state index contributed by atoms with van der Waals surface area (Å²) in [7, 11) is 0. The fourth-order valence-electron chi connectivity index (χ4n) is 2.16. The number of carboxylic acid groups (broad SMARTS) is 1. The molecule has 6 heteroatoms. The summed E-state index contributed by atoms with van der Waals surface area (Å²) in [5.41, 5.74) is 2.52. The lowest BCUT2D eigenvalue weighted by atomic mass is 10.1. The van der Waals surface area contributed by atoms with Crippen molar-refractivity contribution in [3.05, 3.63) is 39.6 Å². The molecule has 0 fully saturated rings. The molecule has 0 amide bonds. The van der Waals surface area contributed by atoms with E-state index >= 15 is 0 Å². The van der Waals surface area contributed by atoms with E-state index in [1.165, 1.54) is 17.5 Å². The molecule has 0 aliphatic carbocycles. The van der Waals surface area contributed by atoms with Crippen molar-refractivity contribution in [2.75, 3.05) is 0 Å². The smallest absolute Gasteiger partial charge is 0.341 e. The van der Waals surface area contributed by atoms with E-state index in [4.69, 9.17) is 5.11 Å². The summed E-state index contributed by atoms with van der Waals surface area (Å²) in [4.78, 5) is 27.5. The number of aromatic carboxylic acids is 1. The van der Waals surface area contributed by atoms with E-state index in [1.54, 1.807) is 16.1 Å². The summed E-state index contributed by atoms with van der Waals surface area (Å²) in [5.74, 6) is -1.20. The molecule has 0 aliphatic rings. The van der Waals surface area contributed by atoms with E-state index in [0.717, 1.165) is 15.7 Å². The van der Waals surface area contributed by atoms with Gasteiger partial charge in [-0.1, -0.05) is 0 Å². The molecular weight excluding hydrogens is 264 g/mol. The minimum absolute atomic E-state index is 0.205. The van der Waals surface area contributed by atoms with Crippen molar-refractivity contribution in [3.63, 3.8) is 0 Å². The van der Waals surface area contributed by atoms with E-state index in [9.17, 15) is 9.59 Å². The zero-order chi connectivity index (χ0) is 13.6. The lowest BCUT2D eigenvalue weighted by molar-refractivity contribution is 0.0695. The number of aryl methyl sites for hydroxylation is 1. The first-order chi connectivity index (χ1) is 9.11. The van der Waals surface area contributed by atoms with Crippen LogP contribution in [-0.4, -0.2) is 20.6 Å². The highest BCUT2D eigenvalue weighted by Gasteiger charge is 2.15. The maximum absolute atomic E-state index is 12.2. The molecule has 2 heterocycles. The number of carbonyl (C=O) groups is 1. The molecule has 0 spiro atoms. The Labute approximate surface area is 111 Å². The molecule has 5 nitrogen and oxygen atoms in total. The average molecular weight is 274 g/mol. The highest BCUT2D eigenvalue weighted by molar-refractivity contribution is 7.16. The Morgan fingerprint density at radius 3 is 2.95 bits per heavy atom. The molecule has 3 aromatic rings. The molecule has 0 atom stereocenters. The highest BCUT2D eigenvalue weighted by Crippen LogP contribution is 2.23. The number of benzene rings is 1. The second kappa shape index (κ2) is 4.17. The number of thiazole rings is 1. The molecule has 0 aliphatic heterocycles. The molecule has 0 unspecified atom stereocenters. The fraction of sp³-hybridized carbons (Fsp3) is 0.154. The summed E-state index contributed by atoms with van der Waals surface area (Å²) in [6, 6.07) is 3.56. The minimum Gasteiger partial charge on any atom is -0.477 e. The van der Waals surface area contributed by atoms with Crippen LogP contribution in [0.15, 0.2) is 28.6 Å². The van der Waals surface area contributed by atoms with Gasteiger partial charge in [0.1, 0.15) is 5.56 Å². The van der Waals surface area contributed by atoms with E-state index in [1.807, 2.05) is 13.0 Å². The van der Waals surface area contributed by atoms with Crippen LogP contribution in [0.4, 0.5) is 0 Å². The second-order valence-electron chi connectivity index (χ2n) is 4.15. The van der Waals surface area contributed by atoms with E-state index in [2.05, 4.69) is 4.98 Å². The standard InChI is InChI=1S/C13H10N2O3S/c1-2-15-5-8(13(17)18)12(16)7-3-9-11(4-10(7)15)19-6-14-9/h3-6H,2H2,1H3,(H,17,18). The van der Waals surface area contributed by atoms with Gasteiger partial charge in [0.15, 0.2) is 0 Å². The third-order valence-corrected chi connectivity index (χ3v) is 3.90. The summed E-state index contributed by atoms with van der Waals surface area (Å²) in [6.45, 7) is 2.51. The Morgan fingerprint density at radius 1 is 1.47 bits per heavy atom. The van der Waals surface area contributed by atoms with E-state index < -0.39 is 11.4 Å². The van der Waals surface area contributed by atoms with Crippen LogP contribution < -0.4 is 5.43 Å². The SMILES string of the molecule is CCn1cc(C(=O)O)c(=O)c2cc3ncsc3cc21. The fourth-order valence-corrected chi connectivity index (χ4v) is 2.85. The largest absolute Gasteiger partial charge is 0.477 e. The molecule has 0 radical (unpaired) electrons. The van der Waals surface area contributed by atoms with Gasteiger partial charge in [0.25, 0.3) is 0 Å². The molecule has 0 saturated heterocycles. The van der Waals surface area contributed by atoms with Crippen molar-refractivity contribution in [3.8, 4) is 0 Å². The van der Waals surface area contributed by atoms with Gasteiger partial charge in [-0.05, 0) is 19.1 Å². The number of hydrogen-bond acceptors (Lipinski definition) is 4. The maximum atomic E-state index is 12.2. The van der Waals surface area contributed by atoms with Crippen LogP contribution in [-0.2, 0) is 6.54 Å². The molecule has 96 valence electrons. The average Bonchev–Trinajstić information content (AvgIpc) is 2.84. The van der Waals surface area contributed by atoms with E-state index in [-0.39, 0.29) is 5.56 Å². The first-order valence-electron chi connectivity index (χ1n) is 5.75. The van der Waals surface area contributed by atoms with Crippen LogP contribution in [0.1, 0.15) is 17.3 Å². The molecular formula is C13H10N2O3S. The van der Waals surface area contributed by atoms with Crippen molar-refractivity contribution in [2.45, 2.75) is 13.5 Å². The van der Waals surface area contributed by atoms with Crippen LogP contribution in [0.2, 0.25) is 0 Å². The van der Waals surface area contributed by atoms with Gasteiger partial charge in [-0.25, -0.2) is 9.78 Å². The zero-order valence-corrected chi connectivity index (χ0v) is 10.9. The van der Waals surface area contributed by atoms with Crippen LogP contribution in [0.5, 0.6) is 0 Å². The van der Waals surface area contributed by atoms with Gasteiger partial charge in [0.2, 0.25) is 5.43 Å². The van der Waals surface area contributed by atoms with Crippen molar-refractivity contribution in [2.24, 2.45) is 0 Å². The number of carboxylic acids is 1. The van der Waals surface area contributed by atoms with Gasteiger partial charge in [-0.2, -0.15) is 0 Å². The monoisotopic (exact) mass is 274 g/mol. The summed E-state index contributed by atoms with van der Waals surface area (Å²) >= 11 is 1.49. The Balaban J connectivity index is 2.54. The van der Waals surface area contributed by atoms with Crippen LogP contribution in [0, 0.1) is 0 Å². The second-order valence-corrected chi connectivity index (χ2v) is 5.04. The molecule has 0 saturated carbocycles. The lowest BCUT2D eigenvalue weighted by Gasteiger charge is -2.09. The third-order valence-electron chi connectivity index (χ3n) is 3.10. The molecule has 1 N–H and O–H groups in total. The minimum atomic E-state index is -1.20. The quantitative estimate of drug-likeness (QED) is 0.778. The number of nitrogens with zero attached hydrogens (tertiary/aromatic N) is 2. The summed E-state index contributed by atoms with van der Waals surface area (Å²) in [5, 5.41) is 9.49. The Hall–Kier alpha value is -2.21. The first-order valence-corrected chi connectivity index (χ1v) is 6.63. The molecule has 3 rings (SSSR count). The lowest BCUT2D eigenvalue weighted by Crippen LogP contribution is -2.18. The van der Waals surface area contributed by atoms with Gasteiger partial charge in [0.05, 0.1) is 21.2 Å². The van der Waals surface area contributed by atoms with Gasteiger partial charge in [0, 0.05) is 18.1 Å². The van der Waals surface area contributed by atoms with Crippen LogP contribution >= 0.6 is 11.3 Å². The Kier molecular flexibility index (Phi) is 2.60.